The molecule has 0 radical (unpaired) electrons. The number of nitrogens with zero attached hydrogens (tertiary/aromatic N) is 4. The summed E-state index contributed by atoms with van der Waals surface area (Å²) >= 11 is 24.4. The number of hydrogen-bond donors (Lipinski definition) is 4. The molecule has 64 heavy (non-hydrogen) atoms. The second-order valence-corrected chi connectivity index (χ2v) is 16.0. The Morgan fingerprint density at radius 1 is 0.531 bits per heavy atom. The van der Waals surface area contributed by atoms with Gasteiger partial charge in [-0.1, -0.05) is 47.5 Å². The number of ketones is 2. The number of anilines is 4. The van der Waals surface area contributed by atoms with Gasteiger partial charge in [-0.25, -0.2) is 0 Å². The number of azo groups is 2. The van der Waals surface area contributed by atoms with E-state index in [-0.39, 0.29) is 32.5 Å². The van der Waals surface area contributed by atoms with Crippen LogP contribution in [-0.2, 0) is 32.0 Å². The van der Waals surface area contributed by atoms with Crippen molar-refractivity contribution in [3.8, 4) is 0 Å². The Hall–Kier alpha value is -6.32. The van der Waals surface area contributed by atoms with E-state index in [2.05, 4.69) is 41.7 Å². The minimum atomic E-state index is -1.58. The number of carbonyl (C=O) groups excluding carboxylic acids is 6. The Morgan fingerprint density at radius 2 is 0.922 bits per heavy atom. The SMILES string of the molecule is CC(=O)C(N=Nc1cc(C(=O)Nc2cccc(CCCl)c2)ccc1Cl)C(=O)Nc1cc(C)c(NC(=O)C(N=Nc2cc(C(=O)Nc3cccc(CCCl)c3)ccc2Cl)C(C)=O)cc1C. The van der Waals surface area contributed by atoms with E-state index in [1.54, 1.807) is 50.2 Å². The van der Waals surface area contributed by atoms with Crippen LogP contribution in [0.25, 0.3) is 0 Å². The zero-order chi connectivity index (χ0) is 46.5. The Kier molecular flexibility index (Phi) is 17.4. The van der Waals surface area contributed by atoms with Crippen LogP contribution in [0.4, 0.5) is 34.1 Å². The van der Waals surface area contributed by atoms with E-state index < -0.39 is 47.3 Å². The van der Waals surface area contributed by atoms with Gasteiger partial charge in [-0.3, -0.25) is 28.8 Å². The molecule has 0 heterocycles. The molecule has 0 saturated carbocycles. The number of carbonyl (C=O) groups is 6. The average Bonchev–Trinajstić information content (AvgIpc) is 3.24. The summed E-state index contributed by atoms with van der Waals surface area (Å²) in [4.78, 5) is 78.3. The van der Waals surface area contributed by atoms with Crippen LogP contribution in [0, 0.1) is 13.8 Å². The lowest BCUT2D eigenvalue weighted by Crippen LogP contribution is -2.32. The highest BCUT2D eigenvalue weighted by molar-refractivity contribution is 6.33. The van der Waals surface area contributed by atoms with Crippen LogP contribution in [0.5, 0.6) is 0 Å². The van der Waals surface area contributed by atoms with Gasteiger partial charge in [-0.2, -0.15) is 20.5 Å². The molecule has 0 saturated heterocycles. The fourth-order valence-corrected chi connectivity index (χ4v) is 6.81. The summed E-state index contributed by atoms with van der Waals surface area (Å²) in [6.07, 6.45) is 1.27. The van der Waals surface area contributed by atoms with Crippen LogP contribution >= 0.6 is 46.4 Å². The predicted molar refractivity (Wildman–Crippen MR) is 252 cm³/mol. The average molecular weight is 945 g/mol. The van der Waals surface area contributed by atoms with Crippen molar-refractivity contribution in [2.75, 3.05) is 33.0 Å². The topological polar surface area (TPSA) is 200 Å². The number of rotatable bonds is 18. The zero-order valence-corrected chi connectivity index (χ0v) is 38.0. The first-order valence-electron chi connectivity index (χ1n) is 19.6. The maximum absolute atomic E-state index is 13.4. The minimum Gasteiger partial charge on any atom is -0.324 e. The van der Waals surface area contributed by atoms with Crippen molar-refractivity contribution in [3.63, 3.8) is 0 Å². The highest BCUT2D eigenvalue weighted by Gasteiger charge is 2.26. The first-order valence-corrected chi connectivity index (χ1v) is 21.5. The van der Waals surface area contributed by atoms with Gasteiger partial charge >= 0.3 is 0 Å². The van der Waals surface area contributed by atoms with Gasteiger partial charge in [0.1, 0.15) is 11.4 Å². The van der Waals surface area contributed by atoms with Crippen LogP contribution in [0.15, 0.2) is 118 Å². The van der Waals surface area contributed by atoms with E-state index in [1.807, 2.05) is 24.3 Å². The van der Waals surface area contributed by atoms with E-state index in [9.17, 15) is 28.8 Å². The predicted octanol–water partition coefficient (Wildman–Crippen LogP) is 11.0. The number of alkyl halides is 2. The number of hydrogen-bond acceptors (Lipinski definition) is 10. The highest BCUT2D eigenvalue weighted by Crippen LogP contribution is 2.30. The lowest BCUT2D eigenvalue weighted by Gasteiger charge is -2.16. The van der Waals surface area contributed by atoms with Crippen molar-refractivity contribution in [2.45, 2.75) is 52.6 Å². The molecule has 0 aliphatic carbocycles. The molecule has 2 atom stereocenters. The number of nitrogens with one attached hydrogen (secondary N) is 4. The largest absolute Gasteiger partial charge is 0.324 e. The monoisotopic (exact) mass is 942 g/mol. The van der Waals surface area contributed by atoms with E-state index in [4.69, 9.17) is 46.4 Å². The van der Waals surface area contributed by atoms with Gasteiger partial charge in [0, 0.05) is 45.6 Å². The molecule has 18 heteroatoms. The molecule has 0 bridgehead atoms. The number of benzene rings is 5. The molecule has 5 aromatic rings. The lowest BCUT2D eigenvalue weighted by atomic mass is 10.1. The van der Waals surface area contributed by atoms with Crippen molar-refractivity contribution in [3.05, 3.63) is 140 Å². The maximum Gasteiger partial charge on any atom is 0.258 e. The quantitative estimate of drug-likeness (QED) is 0.0382. The van der Waals surface area contributed by atoms with E-state index >= 15 is 0 Å². The van der Waals surface area contributed by atoms with Crippen LogP contribution in [0.2, 0.25) is 10.0 Å². The Labute approximate surface area is 389 Å². The van der Waals surface area contributed by atoms with Crippen molar-refractivity contribution in [1.82, 2.24) is 0 Å². The molecule has 0 aromatic heterocycles. The van der Waals surface area contributed by atoms with Crippen LogP contribution in [-0.4, -0.2) is 59.0 Å². The third-order valence-electron chi connectivity index (χ3n) is 9.47. The number of aryl methyl sites for hydroxylation is 4. The molecule has 0 aliphatic rings. The summed E-state index contributed by atoms with van der Waals surface area (Å²) in [5.74, 6) is -2.87. The molecule has 5 aromatic carbocycles. The van der Waals surface area contributed by atoms with Gasteiger partial charge in [0.2, 0.25) is 12.1 Å². The van der Waals surface area contributed by atoms with Crippen molar-refractivity contribution >= 4 is 116 Å². The molecular formula is C46H42Cl4N8O6. The Balaban J connectivity index is 1.25. The molecule has 4 amide bonds. The summed E-state index contributed by atoms with van der Waals surface area (Å²) in [5.41, 5.74) is 5.14. The fraction of sp³-hybridized carbons (Fsp3) is 0.217. The lowest BCUT2D eigenvalue weighted by molar-refractivity contribution is -0.127. The fourth-order valence-electron chi connectivity index (χ4n) is 6.06. The van der Waals surface area contributed by atoms with Gasteiger partial charge in [-0.15, -0.1) is 23.2 Å². The van der Waals surface area contributed by atoms with Crippen molar-refractivity contribution in [1.29, 1.82) is 0 Å². The number of Topliss-reactive ketones (excluding diaryl/α,β-unsaturated/α-hetero) is 2. The van der Waals surface area contributed by atoms with E-state index in [0.717, 1.165) is 11.1 Å². The van der Waals surface area contributed by atoms with Crippen LogP contribution < -0.4 is 21.3 Å². The normalized spacial score (nSPS) is 12.1. The van der Waals surface area contributed by atoms with E-state index in [0.29, 0.717) is 58.5 Å². The first kappa shape index (κ1) is 48.7. The second kappa shape index (κ2) is 22.9. The Bertz CT molecular complexity index is 2490. The molecule has 0 fully saturated rings. The van der Waals surface area contributed by atoms with Gasteiger partial charge < -0.3 is 21.3 Å². The molecule has 4 N–H and O–H groups in total. The Morgan fingerprint density at radius 3 is 1.28 bits per heavy atom. The molecule has 0 aliphatic heterocycles. The molecule has 0 spiro atoms. The molecular weight excluding hydrogens is 902 g/mol. The first-order chi connectivity index (χ1) is 30.6. The smallest absolute Gasteiger partial charge is 0.258 e. The molecule has 14 nitrogen and oxygen atoms in total. The second-order valence-electron chi connectivity index (χ2n) is 14.4. The van der Waals surface area contributed by atoms with Crippen LogP contribution in [0.3, 0.4) is 0 Å². The third kappa shape index (κ3) is 13.3. The summed E-state index contributed by atoms with van der Waals surface area (Å²) < 4.78 is 0. The molecule has 5 rings (SSSR count). The summed E-state index contributed by atoms with van der Waals surface area (Å²) in [7, 11) is 0. The highest BCUT2D eigenvalue weighted by atomic mass is 35.5. The van der Waals surface area contributed by atoms with E-state index in [1.165, 1.54) is 50.2 Å². The van der Waals surface area contributed by atoms with Crippen LogP contribution in [0.1, 0.15) is 56.8 Å². The zero-order valence-electron chi connectivity index (χ0n) is 35.0. The van der Waals surface area contributed by atoms with Gasteiger partial charge in [0.05, 0.1) is 10.0 Å². The summed E-state index contributed by atoms with van der Waals surface area (Å²) in [6, 6.07) is 23.2. The molecule has 330 valence electrons. The maximum atomic E-state index is 13.4. The van der Waals surface area contributed by atoms with Crippen molar-refractivity contribution < 1.29 is 28.8 Å². The van der Waals surface area contributed by atoms with Crippen molar-refractivity contribution in [2.24, 2.45) is 20.5 Å². The minimum absolute atomic E-state index is 0.0556. The summed E-state index contributed by atoms with van der Waals surface area (Å²) in [6.45, 7) is 5.67. The third-order valence-corrected chi connectivity index (χ3v) is 10.5. The molecule has 2 unspecified atom stereocenters. The summed E-state index contributed by atoms with van der Waals surface area (Å²) in [5, 5.41) is 27.4. The van der Waals surface area contributed by atoms with Gasteiger partial charge in [-0.05, 0) is 136 Å². The standard InChI is InChI=1S/C46H42Cl4N8O6/c1-25-19-38(54-46(64)42(28(4)60)58-56-40-24-32(12-14-36(40)50)44(62)52-34-10-6-8-30(22-34)16-18-48)26(2)20-37(25)53-45(63)41(27(3)59)57-55-39-23-31(11-13-35(39)49)43(61)51-33-9-5-7-29(21-33)15-17-47/h5-14,19-24,41-42H,15-18H2,1-4H3,(H,51,61)(H,52,62)(H,53,63)(H,54,64). The number of amides is 4. The van der Waals surface area contributed by atoms with Gasteiger partial charge in [0.15, 0.2) is 11.6 Å². The van der Waals surface area contributed by atoms with Gasteiger partial charge in [0.25, 0.3) is 23.6 Å². The number of halogens is 4.